The predicted molar refractivity (Wildman–Crippen MR) is 88.4 cm³/mol. The quantitative estimate of drug-likeness (QED) is 0.635. The Kier molecular flexibility index (Phi) is 6.71. The zero-order valence-electron chi connectivity index (χ0n) is 13.9. The second kappa shape index (κ2) is 9.02. The van der Waals surface area contributed by atoms with Crippen LogP contribution in [0.15, 0.2) is 23.7 Å². The molecule has 0 unspecified atom stereocenters. The molecule has 1 fully saturated rings. The summed E-state index contributed by atoms with van der Waals surface area (Å²) < 4.78 is 7.05. The first-order valence-corrected chi connectivity index (χ1v) is 8.15. The first-order valence-electron chi connectivity index (χ1n) is 8.15. The highest BCUT2D eigenvalue weighted by atomic mass is 16.6. The van der Waals surface area contributed by atoms with Crippen molar-refractivity contribution in [3.63, 3.8) is 0 Å². The van der Waals surface area contributed by atoms with Crippen molar-refractivity contribution < 1.29 is 9.53 Å². The lowest BCUT2D eigenvalue weighted by Gasteiger charge is -2.35. The average Bonchev–Trinajstić information content (AvgIpc) is 3.08. The van der Waals surface area contributed by atoms with Crippen molar-refractivity contribution in [2.45, 2.75) is 20.4 Å². The Morgan fingerprint density at radius 3 is 2.61 bits per heavy atom. The number of imidazole rings is 1. The summed E-state index contributed by atoms with van der Waals surface area (Å²) in [6.45, 7) is 9.44. The van der Waals surface area contributed by atoms with Gasteiger partial charge in [-0.05, 0) is 13.8 Å². The maximum Gasteiger partial charge on any atom is 0.409 e. The standard InChI is InChI=1S/C15H26N6O2/c1-3-17-14(18-6-8-19-7-5-16-13-19)20-9-11-21(12-10-20)15(22)23-4-2/h5,7,13H,3-4,6,8-12H2,1-2H3,(H,17,18). The van der Waals surface area contributed by atoms with Gasteiger partial charge >= 0.3 is 6.09 Å². The fourth-order valence-corrected chi connectivity index (χ4v) is 2.43. The van der Waals surface area contributed by atoms with Gasteiger partial charge in [-0.3, -0.25) is 4.99 Å². The van der Waals surface area contributed by atoms with Crippen molar-refractivity contribution in [1.29, 1.82) is 0 Å². The Hall–Kier alpha value is -2.25. The molecule has 1 N–H and O–H groups in total. The summed E-state index contributed by atoms with van der Waals surface area (Å²) in [7, 11) is 0. The molecule has 2 heterocycles. The van der Waals surface area contributed by atoms with Crippen LogP contribution in [0.3, 0.4) is 0 Å². The van der Waals surface area contributed by atoms with Crippen molar-refractivity contribution in [3.8, 4) is 0 Å². The first-order chi connectivity index (χ1) is 11.2. The van der Waals surface area contributed by atoms with Crippen LogP contribution in [0.2, 0.25) is 0 Å². The SMILES string of the molecule is CCNC(=NCCn1ccnc1)N1CCN(C(=O)OCC)CC1. The molecule has 0 aromatic carbocycles. The van der Waals surface area contributed by atoms with E-state index in [1.807, 2.05) is 17.7 Å². The number of rotatable bonds is 5. The molecule has 2 rings (SSSR count). The molecule has 8 nitrogen and oxygen atoms in total. The fourth-order valence-electron chi connectivity index (χ4n) is 2.43. The Morgan fingerprint density at radius 1 is 1.26 bits per heavy atom. The van der Waals surface area contributed by atoms with Gasteiger partial charge in [-0.2, -0.15) is 0 Å². The third-order valence-corrected chi connectivity index (χ3v) is 3.62. The summed E-state index contributed by atoms with van der Waals surface area (Å²) in [6, 6.07) is 0. The Balaban J connectivity index is 1.85. The van der Waals surface area contributed by atoms with E-state index in [4.69, 9.17) is 4.74 Å². The number of guanidine groups is 1. The zero-order valence-corrected chi connectivity index (χ0v) is 13.9. The third kappa shape index (κ3) is 5.15. The van der Waals surface area contributed by atoms with E-state index >= 15 is 0 Å². The van der Waals surface area contributed by atoms with E-state index in [1.54, 1.807) is 17.4 Å². The van der Waals surface area contributed by atoms with E-state index in [0.717, 1.165) is 32.1 Å². The van der Waals surface area contributed by atoms with Gasteiger partial charge in [0.05, 0.1) is 19.5 Å². The lowest BCUT2D eigenvalue weighted by Crippen LogP contribution is -2.54. The van der Waals surface area contributed by atoms with Gasteiger partial charge in [-0.1, -0.05) is 0 Å². The minimum absolute atomic E-state index is 0.228. The molecular weight excluding hydrogens is 296 g/mol. The molecule has 0 atom stereocenters. The second-order valence-electron chi connectivity index (χ2n) is 5.21. The van der Waals surface area contributed by atoms with Gasteiger partial charge in [0.25, 0.3) is 0 Å². The average molecular weight is 322 g/mol. The van der Waals surface area contributed by atoms with Gasteiger partial charge in [0.2, 0.25) is 0 Å². The van der Waals surface area contributed by atoms with E-state index in [9.17, 15) is 4.79 Å². The summed E-state index contributed by atoms with van der Waals surface area (Å²) in [5.41, 5.74) is 0. The van der Waals surface area contributed by atoms with Crippen LogP contribution in [0.5, 0.6) is 0 Å². The van der Waals surface area contributed by atoms with Crippen LogP contribution in [0.1, 0.15) is 13.8 Å². The number of aromatic nitrogens is 2. The molecule has 1 aromatic heterocycles. The molecule has 0 radical (unpaired) electrons. The number of nitrogens with zero attached hydrogens (tertiary/aromatic N) is 5. The van der Waals surface area contributed by atoms with Crippen molar-refractivity contribution in [2.75, 3.05) is 45.9 Å². The highest BCUT2D eigenvalue weighted by molar-refractivity contribution is 5.80. The van der Waals surface area contributed by atoms with Crippen LogP contribution in [0, 0.1) is 0 Å². The summed E-state index contributed by atoms with van der Waals surface area (Å²) in [6.07, 6.45) is 5.26. The maximum absolute atomic E-state index is 11.7. The molecule has 0 spiro atoms. The summed E-state index contributed by atoms with van der Waals surface area (Å²) in [5, 5.41) is 3.32. The number of aliphatic imine (C=N–C) groups is 1. The molecule has 0 bridgehead atoms. The third-order valence-electron chi connectivity index (χ3n) is 3.62. The summed E-state index contributed by atoms with van der Waals surface area (Å²) >= 11 is 0. The minimum Gasteiger partial charge on any atom is -0.450 e. The number of carbonyl (C=O) groups is 1. The molecule has 8 heteroatoms. The lowest BCUT2D eigenvalue weighted by atomic mass is 10.3. The molecule has 128 valence electrons. The number of nitrogens with one attached hydrogen (secondary N) is 1. The van der Waals surface area contributed by atoms with Crippen LogP contribution >= 0.6 is 0 Å². The first kappa shape index (κ1) is 17.1. The van der Waals surface area contributed by atoms with Crippen LogP contribution < -0.4 is 5.32 Å². The topological polar surface area (TPSA) is 75.0 Å². The summed E-state index contributed by atoms with van der Waals surface area (Å²) in [4.78, 5) is 24.4. The molecular formula is C15H26N6O2. The Morgan fingerprint density at radius 2 is 2.00 bits per heavy atom. The highest BCUT2D eigenvalue weighted by Crippen LogP contribution is 2.04. The lowest BCUT2D eigenvalue weighted by molar-refractivity contribution is 0.0914. The molecule has 0 saturated carbocycles. The smallest absolute Gasteiger partial charge is 0.409 e. The zero-order chi connectivity index (χ0) is 16.5. The van der Waals surface area contributed by atoms with Crippen LogP contribution in [-0.4, -0.2) is 77.3 Å². The predicted octanol–water partition coefficient (Wildman–Crippen LogP) is 0.623. The van der Waals surface area contributed by atoms with Crippen molar-refractivity contribution in [2.24, 2.45) is 4.99 Å². The fraction of sp³-hybridized carbons (Fsp3) is 0.667. The second-order valence-corrected chi connectivity index (χ2v) is 5.21. The van der Waals surface area contributed by atoms with Gasteiger partial charge in [-0.15, -0.1) is 0 Å². The van der Waals surface area contributed by atoms with Gasteiger partial charge in [0.1, 0.15) is 0 Å². The largest absolute Gasteiger partial charge is 0.450 e. The molecule has 1 saturated heterocycles. The van der Waals surface area contributed by atoms with Crippen molar-refractivity contribution in [1.82, 2.24) is 24.7 Å². The molecule has 23 heavy (non-hydrogen) atoms. The van der Waals surface area contributed by atoms with Gasteiger partial charge in [-0.25, -0.2) is 9.78 Å². The monoisotopic (exact) mass is 322 g/mol. The molecule has 1 amide bonds. The summed E-state index contributed by atoms with van der Waals surface area (Å²) in [5.74, 6) is 0.899. The number of piperazine rings is 1. The normalized spacial score (nSPS) is 15.7. The van der Waals surface area contributed by atoms with Gasteiger partial charge in [0.15, 0.2) is 5.96 Å². The van der Waals surface area contributed by atoms with Crippen molar-refractivity contribution in [3.05, 3.63) is 18.7 Å². The van der Waals surface area contributed by atoms with E-state index < -0.39 is 0 Å². The highest BCUT2D eigenvalue weighted by Gasteiger charge is 2.23. The molecule has 1 aliphatic rings. The van der Waals surface area contributed by atoms with Gasteiger partial charge < -0.3 is 24.4 Å². The van der Waals surface area contributed by atoms with E-state index in [0.29, 0.717) is 26.2 Å². The number of carbonyl (C=O) groups excluding carboxylic acids is 1. The van der Waals surface area contributed by atoms with Gasteiger partial charge in [0, 0.05) is 51.7 Å². The van der Waals surface area contributed by atoms with E-state index in [-0.39, 0.29) is 6.09 Å². The van der Waals surface area contributed by atoms with Crippen LogP contribution in [0.25, 0.3) is 0 Å². The Labute approximate surface area is 137 Å². The molecule has 1 aromatic rings. The van der Waals surface area contributed by atoms with E-state index in [2.05, 4.69) is 27.1 Å². The minimum atomic E-state index is -0.228. The van der Waals surface area contributed by atoms with Crippen LogP contribution in [0.4, 0.5) is 4.79 Å². The maximum atomic E-state index is 11.7. The van der Waals surface area contributed by atoms with E-state index in [1.165, 1.54) is 0 Å². The molecule has 1 aliphatic heterocycles. The number of ether oxygens (including phenoxy) is 1. The Bertz CT molecular complexity index is 494. The number of hydrogen-bond donors (Lipinski definition) is 1. The number of amides is 1. The molecule has 0 aliphatic carbocycles. The number of hydrogen-bond acceptors (Lipinski definition) is 4. The van der Waals surface area contributed by atoms with Crippen molar-refractivity contribution >= 4 is 12.1 Å². The van der Waals surface area contributed by atoms with Crippen LogP contribution in [-0.2, 0) is 11.3 Å².